The number of hydrogen-bond acceptors (Lipinski definition) is 1. The van der Waals surface area contributed by atoms with E-state index in [4.69, 9.17) is 4.42 Å². The second kappa shape index (κ2) is 11.5. The molecule has 2 heterocycles. The normalized spacial score (nSPS) is 11.6. The lowest BCUT2D eigenvalue weighted by Crippen LogP contribution is -1.93. The van der Waals surface area contributed by atoms with Crippen LogP contribution in [0, 0.1) is 0 Å². The Kier molecular flexibility index (Phi) is 6.53. The van der Waals surface area contributed by atoms with Crippen LogP contribution < -0.4 is 0 Å². The summed E-state index contributed by atoms with van der Waals surface area (Å²) in [7, 11) is 0. The number of hydrogen-bond donors (Lipinski definition) is 0. The van der Waals surface area contributed by atoms with Gasteiger partial charge in [-0.25, -0.2) is 0 Å². The summed E-state index contributed by atoms with van der Waals surface area (Å²) in [5.74, 6) is 0. The molecule has 50 heavy (non-hydrogen) atoms. The average molecular weight is 638 g/mol. The third-order valence-corrected chi connectivity index (χ3v) is 9.99. The fraction of sp³-hybridized carbons (Fsp3) is 0. The molecular weight excluding hydrogens is 607 g/mol. The van der Waals surface area contributed by atoms with E-state index in [-0.39, 0.29) is 0 Å². The van der Waals surface area contributed by atoms with Crippen LogP contribution in [0.4, 0.5) is 0 Å². The Morgan fingerprint density at radius 3 is 1.44 bits per heavy atom. The first-order chi connectivity index (χ1) is 24.8. The Balaban J connectivity index is 1.04. The maximum Gasteiger partial charge on any atom is 0.137 e. The summed E-state index contributed by atoms with van der Waals surface area (Å²) >= 11 is 0. The summed E-state index contributed by atoms with van der Waals surface area (Å²) in [4.78, 5) is 0. The maximum absolute atomic E-state index is 6.62. The zero-order valence-corrected chi connectivity index (χ0v) is 27.3. The third kappa shape index (κ3) is 4.73. The van der Waals surface area contributed by atoms with Crippen molar-refractivity contribution in [1.29, 1.82) is 0 Å². The zero-order chi connectivity index (χ0) is 33.0. The van der Waals surface area contributed by atoms with Crippen molar-refractivity contribution < 1.29 is 4.42 Å². The molecule has 2 aromatic heterocycles. The largest absolute Gasteiger partial charge is 0.456 e. The van der Waals surface area contributed by atoms with Crippen LogP contribution >= 0.6 is 0 Å². The molecule has 0 spiro atoms. The van der Waals surface area contributed by atoms with Gasteiger partial charge in [0.2, 0.25) is 0 Å². The third-order valence-electron chi connectivity index (χ3n) is 9.99. The number of nitrogens with zero attached hydrogens (tertiary/aromatic N) is 1. The van der Waals surface area contributed by atoms with Gasteiger partial charge < -0.3 is 8.98 Å². The molecule has 2 heteroatoms. The smallest absolute Gasteiger partial charge is 0.137 e. The van der Waals surface area contributed by atoms with Crippen molar-refractivity contribution >= 4 is 43.7 Å². The number of benzene rings is 8. The van der Waals surface area contributed by atoms with Crippen molar-refractivity contribution in [3.8, 4) is 50.2 Å². The van der Waals surface area contributed by atoms with Gasteiger partial charge in [0.25, 0.3) is 0 Å². The van der Waals surface area contributed by atoms with E-state index >= 15 is 0 Å². The lowest BCUT2D eigenvalue weighted by atomic mass is 9.96. The summed E-state index contributed by atoms with van der Waals surface area (Å²) in [6.07, 6.45) is 0. The van der Waals surface area contributed by atoms with Gasteiger partial charge in [-0.05, 0) is 99.1 Å². The SMILES string of the molecule is c1ccc(-c2cccc(-c3cccc(-c4ccc5c(c4)oc4cc(-n6c7ccccc7c7cc(-c8ccccc8)ccc76)ccc45)c3)c2)cc1. The first-order valence-electron chi connectivity index (χ1n) is 17.1. The molecule has 0 aliphatic rings. The van der Waals surface area contributed by atoms with E-state index in [9.17, 15) is 0 Å². The molecule has 0 unspecified atom stereocenters. The molecule has 10 rings (SSSR count). The van der Waals surface area contributed by atoms with Gasteiger partial charge in [-0.1, -0.05) is 127 Å². The number of para-hydroxylation sites is 1. The van der Waals surface area contributed by atoms with Crippen LogP contribution in [0.15, 0.2) is 192 Å². The Bertz CT molecular complexity index is 2860. The van der Waals surface area contributed by atoms with E-state index in [1.54, 1.807) is 0 Å². The Hall–Kier alpha value is -6.64. The second-order valence-corrected chi connectivity index (χ2v) is 13.0. The predicted octanol–water partition coefficient (Wildman–Crippen LogP) is 13.4. The van der Waals surface area contributed by atoms with E-state index in [0.717, 1.165) is 38.8 Å². The number of rotatable bonds is 5. The van der Waals surface area contributed by atoms with Crippen LogP contribution in [0.1, 0.15) is 0 Å². The van der Waals surface area contributed by atoms with Crippen LogP contribution in [-0.4, -0.2) is 4.57 Å². The molecule has 0 amide bonds. The fourth-order valence-corrected chi connectivity index (χ4v) is 7.53. The summed E-state index contributed by atoms with van der Waals surface area (Å²) in [6.45, 7) is 0. The van der Waals surface area contributed by atoms with Gasteiger partial charge in [-0.3, -0.25) is 0 Å². The highest BCUT2D eigenvalue weighted by molar-refractivity contribution is 6.11. The van der Waals surface area contributed by atoms with Gasteiger partial charge >= 0.3 is 0 Å². The quantitative estimate of drug-likeness (QED) is 0.184. The standard InChI is InChI=1S/C48H31NO/c1-3-11-32(12-4-1)34-15-9-16-35(27-34)36-17-10-18-37(28-36)39-21-24-42-43-25-23-40(31-48(43)50-47(42)30-39)49-45-20-8-7-19-41(45)44-29-38(22-26-46(44)49)33-13-5-2-6-14-33/h1-31H. The summed E-state index contributed by atoms with van der Waals surface area (Å²) < 4.78 is 8.98. The Morgan fingerprint density at radius 2 is 0.760 bits per heavy atom. The molecule has 0 radical (unpaired) electrons. The van der Waals surface area contributed by atoms with Crippen LogP contribution in [0.5, 0.6) is 0 Å². The molecule has 234 valence electrons. The maximum atomic E-state index is 6.62. The zero-order valence-electron chi connectivity index (χ0n) is 27.3. The van der Waals surface area contributed by atoms with Gasteiger partial charge in [0.15, 0.2) is 0 Å². The van der Waals surface area contributed by atoms with Crippen molar-refractivity contribution in [2.75, 3.05) is 0 Å². The van der Waals surface area contributed by atoms with Crippen LogP contribution in [0.25, 0.3) is 93.9 Å². The molecule has 0 saturated carbocycles. The van der Waals surface area contributed by atoms with Crippen molar-refractivity contribution in [2.45, 2.75) is 0 Å². The lowest BCUT2D eigenvalue weighted by molar-refractivity contribution is 0.669. The average Bonchev–Trinajstić information content (AvgIpc) is 3.73. The van der Waals surface area contributed by atoms with Crippen molar-refractivity contribution in [3.63, 3.8) is 0 Å². The minimum Gasteiger partial charge on any atom is -0.456 e. The van der Waals surface area contributed by atoms with E-state index < -0.39 is 0 Å². The van der Waals surface area contributed by atoms with Crippen LogP contribution in [0.2, 0.25) is 0 Å². The van der Waals surface area contributed by atoms with Crippen LogP contribution in [0.3, 0.4) is 0 Å². The predicted molar refractivity (Wildman–Crippen MR) is 210 cm³/mol. The second-order valence-electron chi connectivity index (χ2n) is 13.0. The highest BCUT2D eigenvalue weighted by Crippen LogP contribution is 2.38. The summed E-state index contributed by atoms with van der Waals surface area (Å²) in [5.41, 5.74) is 14.8. The monoisotopic (exact) mass is 637 g/mol. The first kappa shape index (κ1) is 28.4. The minimum absolute atomic E-state index is 0.882. The lowest BCUT2D eigenvalue weighted by Gasteiger charge is -2.09. The molecule has 0 aliphatic heterocycles. The van der Waals surface area contributed by atoms with Crippen molar-refractivity contribution in [3.05, 3.63) is 188 Å². The molecule has 10 aromatic rings. The Labute approximate surface area is 290 Å². The first-order valence-corrected chi connectivity index (χ1v) is 17.1. The molecular formula is C48H31NO. The van der Waals surface area contributed by atoms with Gasteiger partial charge in [-0.2, -0.15) is 0 Å². The van der Waals surface area contributed by atoms with E-state index in [0.29, 0.717) is 0 Å². The molecule has 0 atom stereocenters. The molecule has 0 aliphatic carbocycles. The summed E-state index contributed by atoms with van der Waals surface area (Å²) in [6, 6.07) is 67.4. The topological polar surface area (TPSA) is 18.1 Å². The highest BCUT2D eigenvalue weighted by Gasteiger charge is 2.16. The summed E-state index contributed by atoms with van der Waals surface area (Å²) in [5, 5.41) is 4.72. The van der Waals surface area contributed by atoms with Gasteiger partial charge in [0, 0.05) is 33.3 Å². The number of furan rings is 1. The van der Waals surface area contributed by atoms with Gasteiger partial charge in [0.05, 0.1) is 11.0 Å². The Morgan fingerprint density at radius 1 is 0.280 bits per heavy atom. The minimum atomic E-state index is 0.882. The number of aromatic nitrogens is 1. The van der Waals surface area contributed by atoms with E-state index in [1.165, 1.54) is 55.2 Å². The van der Waals surface area contributed by atoms with Crippen molar-refractivity contribution in [1.82, 2.24) is 4.57 Å². The van der Waals surface area contributed by atoms with Crippen LogP contribution in [-0.2, 0) is 0 Å². The number of fused-ring (bicyclic) bond motifs is 6. The van der Waals surface area contributed by atoms with E-state index in [2.05, 4.69) is 193 Å². The van der Waals surface area contributed by atoms with Crippen molar-refractivity contribution in [2.24, 2.45) is 0 Å². The fourth-order valence-electron chi connectivity index (χ4n) is 7.53. The molecule has 2 nitrogen and oxygen atoms in total. The molecule has 0 bridgehead atoms. The van der Waals surface area contributed by atoms with E-state index in [1.807, 2.05) is 0 Å². The van der Waals surface area contributed by atoms with Gasteiger partial charge in [-0.15, -0.1) is 0 Å². The van der Waals surface area contributed by atoms with Gasteiger partial charge in [0.1, 0.15) is 11.2 Å². The molecule has 8 aromatic carbocycles. The molecule has 0 N–H and O–H groups in total. The molecule has 0 fully saturated rings. The highest BCUT2D eigenvalue weighted by atomic mass is 16.3. The molecule has 0 saturated heterocycles.